The van der Waals surface area contributed by atoms with E-state index in [1.165, 1.54) is 7.11 Å². The van der Waals surface area contributed by atoms with Crippen molar-refractivity contribution >= 4 is 33.4 Å². The topological polar surface area (TPSA) is 63.6 Å². The van der Waals surface area contributed by atoms with Gasteiger partial charge in [0.1, 0.15) is 4.88 Å². The van der Waals surface area contributed by atoms with Crippen molar-refractivity contribution in [3.8, 4) is 0 Å². The van der Waals surface area contributed by atoms with Crippen molar-refractivity contribution < 1.29 is 19.4 Å². The first-order valence-electron chi connectivity index (χ1n) is 4.47. The van der Waals surface area contributed by atoms with Crippen LogP contribution >= 0.6 is 11.3 Å². The summed E-state index contributed by atoms with van der Waals surface area (Å²) in [5.74, 6) is -1.38. The van der Waals surface area contributed by atoms with Gasteiger partial charge in [0, 0.05) is 4.70 Å². The first kappa shape index (κ1) is 10.6. The van der Waals surface area contributed by atoms with Gasteiger partial charge in [0.25, 0.3) is 0 Å². The second-order valence-corrected chi connectivity index (χ2v) is 4.24. The molecule has 1 N–H and O–H groups in total. The number of carboxylic acids is 1. The third-order valence-corrected chi connectivity index (χ3v) is 3.24. The summed E-state index contributed by atoms with van der Waals surface area (Å²) in [6, 6.07) is 6.55. The first-order valence-corrected chi connectivity index (χ1v) is 5.28. The van der Waals surface area contributed by atoms with Crippen molar-refractivity contribution in [3.05, 3.63) is 34.7 Å². The van der Waals surface area contributed by atoms with Gasteiger partial charge in [-0.25, -0.2) is 9.59 Å². The van der Waals surface area contributed by atoms with Gasteiger partial charge >= 0.3 is 11.9 Å². The normalized spacial score (nSPS) is 10.3. The number of thiophene rings is 1. The monoisotopic (exact) mass is 236 g/mol. The number of hydrogen-bond acceptors (Lipinski definition) is 4. The second-order valence-electron chi connectivity index (χ2n) is 3.16. The fourth-order valence-electron chi connectivity index (χ4n) is 1.38. The van der Waals surface area contributed by atoms with Crippen LogP contribution in [0, 0.1) is 0 Å². The second kappa shape index (κ2) is 3.94. The molecule has 82 valence electrons. The van der Waals surface area contributed by atoms with Crippen LogP contribution in [0.25, 0.3) is 10.1 Å². The van der Waals surface area contributed by atoms with Crippen molar-refractivity contribution in [2.75, 3.05) is 7.11 Å². The molecule has 5 heteroatoms. The van der Waals surface area contributed by atoms with E-state index < -0.39 is 11.9 Å². The lowest BCUT2D eigenvalue weighted by Crippen LogP contribution is -1.99. The molecule has 0 unspecified atom stereocenters. The smallest absolute Gasteiger partial charge is 0.345 e. The van der Waals surface area contributed by atoms with Crippen LogP contribution in [0.15, 0.2) is 24.3 Å². The average molecular weight is 236 g/mol. The van der Waals surface area contributed by atoms with E-state index in [4.69, 9.17) is 5.11 Å². The maximum Gasteiger partial charge on any atom is 0.345 e. The summed E-state index contributed by atoms with van der Waals surface area (Å²) >= 11 is 1.14. The highest BCUT2D eigenvalue weighted by Gasteiger charge is 2.11. The van der Waals surface area contributed by atoms with Gasteiger partial charge in [0.05, 0.1) is 12.7 Å². The van der Waals surface area contributed by atoms with Crippen LogP contribution in [0.4, 0.5) is 0 Å². The molecule has 1 heterocycles. The predicted molar refractivity (Wildman–Crippen MR) is 60.1 cm³/mol. The molecule has 0 bridgehead atoms. The lowest BCUT2D eigenvalue weighted by Gasteiger charge is -1.97. The van der Waals surface area contributed by atoms with Crippen LogP contribution in [0.1, 0.15) is 20.0 Å². The summed E-state index contributed by atoms with van der Waals surface area (Å²) in [5, 5.41) is 9.64. The quantitative estimate of drug-likeness (QED) is 0.813. The molecule has 1 aromatic heterocycles. The Balaban J connectivity index is 2.53. The molecule has 0 fully saturated rings. The third kappa shape index (κ3) is 1.77. The molecular weight excluding hydrogens is 228 g/mol. The molecule has 2 aromatic rings. The Bertz CT molecular complexity index is 570. The number of rotatable bonds is 2. The number of carbonyl (C=O) groups is 2. The van der Waals surface area contributed by atoms with E-state index in [2.05, 4.69) is 4.74 Å². The van der Waals surface area contributed by atoms with Gasteiger partial charge < -0.3 is 9.84 Å². The molecule has 1 aromatic carbocycles. The van der Waals surface area contributed by atoms with Gasteiger partial charge in [-0.2, -0.15) is 0 Å². The van der Waals surface area contributed by atoms with Crippen LogP contribution < -0.4 is 0 Å². The summed E-state index contributed by atoms with van der Waals surface area (Å²) in [7, 11) is 1.31. The number of hydrogen-bond donors (Lipinski definition) is 1. The minimum absolute atomic E-state index is 0.261. The SMILES string of the molecule is COC(=O)c1ccc2cc(C(=O)O)sc2c1. The Hall–Kier alpha value is -1.88. The van der Waals surface area contributed by atoms with Crippen molar-refractivity contribution in [3.63, 3.8) is 0 Å². The van der Waals surface area contributed by atoms with E-state index in [0.717, 1.165) is 21.4 Å². The van der Waals surface area contributed by atoms with Crippen LogP contribution in [0.5, 0.6) is 0 Å². The molecular formula is C11H8O4S. The maximum absolute atomic E-state index is 11.3. The average Bonchev–Trinajstić information content (AvgIpc) is 2.70. The van der Waals surface area contributed by atoms with Crippen molar-refractivity contribution in [2.24, 2.45) is 0 Å². The molecule has 0 aliphatic carbocycles. The predicted octanol–water partition coefficient (Wildman–Crippen LogP) is 2.39. The molecule has 0 atom stereocenters. The Labute approximate surface area is 95.1 Å². The van der Waals surface area contributed by atoms with Crippen LogP contribution in [0.3, 0.4) is 0 Å². The van der Waals surface area contributed by atoms with E-state index in [0.29, 0.717) is 5.56 Å². The maximum atomic E-state index is 11.3. The lowest BCUT2D eigenvalue weighted by molar-refractivity contribution is 0.0600. The molecule has 16 heavy (non-hydrogen) atoms. The van der Waals surface area contributed by atoms with E-state index in [-0.39, 0.29) is 4.88 Å². The molecule has 0 amide bonds. The van der Waals surface area contributed by atoms with Gasteiger partial charge in [-0.3, -0.25) is 0 Å². The Morgan fingerprint density at radius 3 is 2.69 bits per heavy atom. The van der Waals surface area contributed by atoms with Gasteiger partial charge in [-0.05, 0) is 23.6 Å². The van der Waals surface area contributed by atoms with E-state index >= 15 is 0 Å². The lowest BCUT2D eigenvalue weighted by atomic mass is 10.2. The van der Waals surface area contributed by atoms with Crippen molar-refractivity contribution in [1.82, 2.24) is 0 Å². The van der Waals surface area contributed by atoms with E-state index in [9.17, 15) is 9.59 Å². The number of ether oxygens (including phenoxy) is 1. The molecule has 0 saturated heterocycles. The third-order valence-electron chi connectivity index (χ3n) is 2.15. The Kier molecular flexibility index (Phi) is 2.62. The molecule has 0 aliphatic rings. The highest BCUT2D eigenvalue weighted by atomic mass is 32.1. The summed E-state index contributed by atoms with van der Waals surface area (Å²) < 4.78 is 5.35. The molecule has 0 aliphatic heterocycles. The number of esters is 1. The first-order chi connectivity index (χ1) is 7.61. The number of methoxy groups -OCH3 is 1. The Morgan fingerprint density at radius 2 is 2.06 bits per heavy atom. The fraction of sp³-hybridized carbons (Fsp3) is 0.0909. The standard InChI is InChI=1S/C11H8O4S/c1-15-11(14)7-3-2-6-4-9(10(12)13)16-8(6)5-7/h2-5H,1H3,(H,12,13). The van der Waals surface area contributed by atoms with Gasteiger partial charge in [-0.1, -0.05) is 6.07 Å². The summed E-state index contributed by atoms with van der Waals surface area (Å²) in [6.07, 6.45) is 0. The summed E-state index contributed by atoms with van der Waals surface area (Å²) in [4.78, 5) is 22.3. The number of carboxylic acid groups (broad SMARTS) is 1. The largest absolute Gasteiger partial charge is 0.477 e. The molecule has 0 radical (unpaired) electrons. The zero-order valence-electron chi connectivity index (χ0n) is 8.39. The van der Waals surface area contributed by atoms with Crippen LogP contribution in [0.2, 0.25) is 0 Å². The number of fused-ring (bicyclic) bond motifs is 1. The Morgan fingerprint density at radius 1 is 1.31 bits per heavy atom. The van der Waals surface area contributed by atoms with Crippen molar-refractivity contribution in [2.45, 2.75) is 0 Å². The van der Waals surface area contributed by atoms with Crippen LogP contribution in [-0.4, -0.2) is 24.2 Å². The van der Waals surface area contributed by atoms with Gasteiger partial charge in [0.15, 0.2) is 0 Å². The van der Waals surface area contributed by atoms with Gasteiger partial charge in [0.2, 0.25) is 0 Å². The van der Waals surface area contributed by atoms with Crippen molar-refractivity contribution in [1.29, 1.82) is 0 Å². The van der Waals surface area contributed by atoms with E-state index in [1.54, 1.807) is 24.3 Å². The minimum atomic E-state index is -0.958. The fourth-order valence-corrected chi connectivity index (χ4v) is 2.32. The minimum Gasteiger partial charge on any atom is -0.477 e. The molecule has 0 spiro atoms. The van der Waals surface area contributed by atoms with E-state index in [1.807, 2.05) is 0 Å². The molecule has 4 nitrogen and oxygen atoms in total. The zero-order valence-corrected chi connectivity index (χ0v) is 9.21. The number of carbonyl (C=O) groups excluding carboxylic acids is 1. The highest BCUT2D eigenvalue weighted by Crippen LogP contribution is 2.26. The molecule has 2 rings (SSSR count). The highest BCUT2D eigenvalue weighted by molar-refractivity contribution is 7.20. The molecule has 0 saturated carbocycles. The van der Waals surface area contributed by atoms with Crippen LogP contribution in [-0.2, 0) is 4.74 Å². The summed E-state index contributed by atoms with van der Waals surface area (Å²) in [6.45, 7) is 0. The van der Waals surface area contributed by atoms with Gasteiger partial charge in [-0.15, -0.1) is 11.3 Å². The summed E-state index contributed by atoms with van der Waals surface area (Å²) in [5.41, 5.74) is 0.425. The number of aromatic carboxylic acids is 1. The number of benzene rings is 1. The zero-order chi connectivity index (χ0) is 11.7.